The molecule has 0 radical (unpaired) electrons. The molecule has 3 rings (SSSR count). The van der Waals surface area contributed by atoms with E-state index in [1.165, 1.54) is 18.4 Å². The summed E-state index contributed by atoms with van der Waals surface area (Å²) < 4.78 is 16.2. The molecular weight excluding hydrogens is 242 g/mol. The van der Waals surface area contributed by atoms with Gasteiger partial charge in [-0.15, -0.1) is 0 Å². The standard InChI is InChI=1S/C15H21NO3/c1-11(16-8-12-3-2-6-17-9-12)13-4-5-14-15(7-13)19-10-18-14/h4-5,7,11-12,16H,2-3,6,8-10H2,1H3. The normalized spacial score (nSPS) is 23.3. The first-order chi connectivity index (χ1) is 9.33. The molecular formula is C15H21NO3. The van der Waals surface area contributed by atoms with Crippen LogP contribution in [0.5, 0.6) is 11.5 Å². The molecule has 0 aromatic heterocycles. The summed E-state index contributed by atoms with van der Waals surface area (Å²) in [4.78, 5) is 0. The first-order valence-corrected chi connectivity index (χ1v) is 7.03. The minimum absolute atomic E-state index is 0.316. The molecule has 0 amide bonds. The predicted molar refractivity (Wildman–Crippen MR) is 72.5 cm³/mol. The number of nitrogens with one attached hydrogen (secondary N) is 1. The molecule has 2 aliphatic heterocycles. The summed E-state index contributed by atoms with van der Waals surface area (Å²) >= 11 is 0. The highest BCUT2D eigenvalue weighted by Gasteiger charge is 2.17. The first kappa shape index (κ1) is 12.8. The van der Waals surface area contributed by atoms with Gasteiger partial charge in [0.2, 0.25) is 6.79 Å². The van der Waals surface area contributed by atoms with Crippen LogP contribution in [0.2, 0.25) is 0 Å². The molecule has 4 nitrogen and oxygen atoms in total. The zero-order valence-corrected chi connectivity index (χ0v) is 11.4. The highest BCUT2D eigenvalue weighted by atomic mass is 16.7. The fourth-order valence-electron chi connectivity index (χ4n) is 2.61. The van der Waals surface area contributed by atoms with Crippen molar-refractivity contribution in [2.24, 2.45) is 5.92 Å². The van der Waals surface area contributed by atoms with Crippen LogP contribution in [0.25, 0.3) is 0 Å². The quantitative estimate of drug-likeness (QED) is 0.906. The van der Waals surface area contributed by atoms with E-state index >= 15 is 0 Å². The maximum Gasteiger partial charge on any atom is 0.231 e. The van der Waals surface area contributed by atoms with Gasteiger partial charge in [0, 0.05) is 19.2 Å². The zero-order chi connectivity index (χ0) is 13.1. The Balaban J connectivity index is 1.56. The van der Waals surface area contributed by atoms with Gasteiger partial charge in [-0.3, -0.25) is 0 Å². The van der Waals surface area contributed by atoms with Crippen LogP contribution in [0.1, 0.15) is 31.4 Å². The van der Waals surface area contributed by atoms with Gasteiger partial charge in [0.1, 0.15) is 0 Å². The number of ether oxygens (including phenoxy) is 3. The topological polar surface area (TPSA) is 39.7 Å². The molecule has 2 heterocycles. The molecule has 4 heteroatoms. The van der Waals surface area contributed by atoms with Gasteiger partial charge in [0.25, 0.3) is 0 Å². The fraction of sp³-hybridized carbons (Fsp3) is 0.600. The van der Waals surface area contributed by atoms with Gasteiger partial charge < -0.3 is 19.5 Å². The van der Waals surface area contributed by atoms with Crippen molar-refractivity contribution in [1.82, 2.24) is 5.32 Å². The van der Waals surface area contributed by atoms with Gasteiger partial charge in [-0.2, -0.15) is 0 Å². The van der Waals surface area contributed by atoms with Crippen LogP contribution >= 0.6 is 0 Å². The van der Waals surface area contributed by atoms with Crippen molar-refractivity contribution in [3.05, 3.63) is 23.8 Å². The Morgan fingerprint density at radius 3 is 3.05 bits per heavy atom. The Morgan fingerprint density at radius 1 is 1.32 bits per heavy atom. The molecule has 1 fully saturated rings. The lowest BCUT2D eigenvalue weighted by Gasteiger charge is -2.24. The van der Waals surface area contributed by atoms with Crippen LogP contribution in [0, 0.1) is 5.92 Å². The summed E-state index contributed by atoms with van der Waals surface area (Å²) in [6, 6.07) is 6.47. The molecule has 104 valence electrons. The van der Waals surface area contributed by atoms with Crippen molar-refractivity contribution in [3.63, 3.8) is 0 Å². The fourth-order valence-corrected chi connectivity index (χ4v) is 2.61. The highest BCUT2D eigenvalue weighted by molar-refractivity contribution is 5.45. The minimum Gasteiger partial charge on any atom is -0.454 e. The van der Waals surface area contributed by atoms with Crippen molar-refractivity contribution < 1.29 is 14.2 Å². The largest absolute Gasteiger partial charge is 0.454 e. The Bertz CT molecular complexity index is 429. The Hall–Kier alpha value is -1.26. The third-order valence-corrected chi connectivity index (χ3v) is 3.86. The predicted octanol–water partition coefficient (Wildman–Crippen LogP) is 2.49. The van der Waals surface area contributed by atoms with Crippen LogP contribution in [0.4, 0.5) is 0 Å². The van der Waals surface area contributed by atoms with Crippen LogP contribution < -0.4 is 14.8 Å². The number of benzene rings is 1. The molecule has 1 aromatic carbocycles. The van der Waals surface area contributed by atoms with E-state index in [2.05, 4.69) is 24.4 Å². The molecule has 1 N–H and O–H groups in total. The second-order valence-electron chi connectivity index (χ2n) is 5.33. The van der Waals surface area contributed by atoms with Crippen LogP contribution in [-0.2, 0) is 4.74 Å². The zero-order valence-electron chi connectivity index (χ0n) is 11.4. The van der Waals surface area contributed by atoms with Crippen molar-refractivity contribution in [2.45, 2.75) is 25.8 Å². The average Bonchev–Trinajstić information content (AvgIpc) is 2.93. The smallest absolute Gasteiger partial charge is 0.231 e. The molecule has 2 atom stereocenters. The Morgan fingerprint density at radius 2 is 2.21 bits per heavy atom. The third kappa shape index (κ3) is 3.01. The van der Waals surface area contributed by atoms with E-state index in [0.29, 0.717) is 18.8 Å². The minimum atomic E-state index is 0.316. The van der Waals surface area contributed by atoms with Crippen LogP contribution in [0.3, 0.4) is 0 Å². The lowest BCUT2D eigenvalue weighted by atomic mass is 10.0. The Labute approximate surface area is 114 Å². The van der Waals surface area contributed by atoms with Gasteiger partial charge in [0.05, 0.1) is 6.61 Å². The summed E-state index contributed by atoms with van der Waals surface area (Å²) in [5, 5.41) is 3.58. The van der Waals surface area contributed by atoms with Crippen LogP contribution in [0.15, 0.2) is 18.2 Å². The SMILES string of the molecule is CC(NCC1CCCOC1)c1ccc2c(c1)OCO2. The van der Waals surface area contributed by atoms with E-state index in [1.54, 1.807) is 0 Å². The maximum absolute atomic E-state index is 5.50. The Kier molecular flexibility index (Phi) is 3.89. The molecule has 2 unspecified atom stereocenters. The van der Waals surface area contributed by atoms with Crippen molar-refractivity contribution in [1.29, 1.82) is 0 Å². The summed E-state index contributed by atoms with van der Waals surface area (Å²) in [5.41, 5.74) is 1.24. The molecule has 0 bridgehead atoms. The van der Waals surface area contributed by atoms with Gasteiger partial charge in [-0.05, 0) is 43.4 Å². The van der Waals surface area contributed by atoms with E-state index in [4.69, 9.17) is 14.2 Å². The van der Waals surface area contributed by atoms with Crippen molar-refractivity contribution in [2.75, 3.05) is 26.6 Å². The maximum atomic E-state index is 5.50. The number of fused-ring (bicyclic) bond motifs is 1. The molecule has 0 spiro atoms. The van der Waals surface area contributed by atoms with E-state index in [1.807, 2.05) is 6.07 Å². The molecule has 1 saturated heterocycles. The van der Waals surface area contributed by atoms with Crippen molar-refractivity contribution in [3.8, 4) is 11.5 Å². The van der Waals surface area contributed by atoms with E-state index in [9.17, 15) is 0 Å². The molecule has 1 aromatic rings. The van der Waals surface area contributed by atoms with E-state index in [-0.39, 0.29) is 0 Å². The lowest BCUT2D eigenvalue weighted by molar-refractivity contribution is 0.0540. The second-order valence-corrected chi connectivity index (χ2v) is 5.33. The van der Waals surface area contributed by atoms with Gasteiger partial charge >= 0.3 is 0 Å². The van der Waals surface area contributed by atoms with Gasteiger partial charge in [-0.25, -0.2) is 0 Å². The third-order valence-electron chi connectivity index (χ3n) is 3.86. The summed E-state index contributed by atoms with van der Waals surface area (Å²) in [6.07, 6.45) is 2.45. The lowest BCUT2D eigenvalue weighted by Crippen LogP contribution is -2.30. The number of rotatable bonds is 4. The molecule has 2 aliphatic rings. The number of hydrogen-bond acceptors (Lipinski definition) is 4. The van der Waals surface area contributed by atoms with E-state index < -0.39 is 0 Å². The monoisotopic (exact) mass is 263 g/mol. The molecule has 0 aliphatic carbocycles. The highest BCUT2D eigenvalue weighted by Crippen LogP contribution is 2.34. The van der Waals surface area contributed by atoms with E-state index in [0.717, 1.165) is 31.3 Å². The summed E-state index contributed by atoms with van der Waals surface area (Å²) in [5.74, 6) is 2.34. The van der Waals surface area contributed by atoms with Gasteiger partial charge in [0.15, 0.2) is 11.5 Å². The first-order valence-electron chi connectivity index (χ1n) is 7.03. The van der Waals surface area contributed by atoms with Crippen molar-refractivity contribution >= 4 is 0 Å². The summed E-state index contributed by atoms with van der Waals surface area (Å²) in [6.45, 7) is 5.34. The molecule has 0 saturated carbocycles. The second kappa shape index (κ2) is 5.80. The van der Waals surface area contributed by atoms with Gasteiger partial charge in [-0.1, -0.05) is 6.07 Å². The number of hydrogen-bond donors (Lipinski definition) is 1. The average molecular weight is 263 g/mol. The summed E-state index contributed by atoms with van der Waals surface area (Å²) in [7, 11) is 0. The molecule has 19 heavy (non-hydrogen) atoms. The van der Waals surface area contributed by atoms with Crippen LogP contribution in [-0.4, -0.2) is 26.6 Å².